The number of nitro groups is 1. The Morgan fingerprint density at radius 3 is 2.28 bits per heavy atom. The molecule has 11 nitrogen and oxygen atoms in total. The van der Waals surface area contributed by atoms with Crippen LogP contribution in [0.5, 0.6) is 11.5 Å². The van der Waals surface area contributed by atoms with Gasteiger partial charge in [-0.25, -0.2) is 12.8 Å². The van der Waals surface area contributed by atoms with Gasteiger partial charge in [-0.1, -0.05) is 12.1 Å². The van der Waals surface area contributed by atoms with Crippen LogP contribution in [0.15, 0.2) is 71.6 Å². The van der Waals surface area contributed by atoms with Gasteiger partial charge >= 0.3 is 0 Å². The van der Waals surface area contributed by atoms with E-state index in [2.05, 4.69) is 0 Å². The van der Waals surface area contributed by atoms with Crippen LogP contribution in [0.1, 0.15) is 0 Å². The van der Waals surface area contributed by atoms with E-state index in [1.165, 1.54) is 61.6 Å². The van der Waals surface area contributed by atoms with Gasteiger partial charge in [0.15, 0.2) is 4.90 Å². The molecule has 0 bridgehead atoms. The van der Waals surface area contributed by atoms with Gasteiger partial charge in [-0.3, -0.25) is 19.2 Å². The Kier molecular flexibility index (Phi) is 8.19. The van der Waals surface area contributed by atoms with Crippen LogP contribution < -0.4 is 18.7 Å². The highest BCUT2D eigenvalue weighted by molar-refractivity contribution is 7.93. The number of benzene rings is 3. The molecule has 0 saturated carbocycles. The van der Waals surface area contributed by atoms with E-state index < -0.39 is 38.0 Å². The van der Waals surface area contributed by atoms with Crippen LogP contribution in [-0.2, 0) is 14.8 Å². The van der Waals surface area contributed by atoms with Gasteiger partial charge in [-0.2, -0.15) is 0 Å². The molecular formula is C26H27FN4O7S. The molecule has 13 heteroatoms. The fourth-order valence-electron chi connectivity index (χ4n) is 4.32. The van der Waals surface area contributed by atoms with Crippen molar-refractivity contribution in [2.24, 2.45) is 0 Å². The van der Waals surface area contributed by atoms with Crippen molar-refractivity contribution < 1.29 is 32.0 Å². The lowest BCUT2D eigenvalue weighted by atomic mass is 10.2. The van der Waals surface area contributed by atoms with Gasteiger partial charge in [0.1, 0.15) is 23.9 Å². The molecule has 1 saturated heterocycles. The van der Waals surface area contributed by atoms with Crippen molar-refractivity contribution in [3.8, 4) is 11.5 Å². The highest BCUT2D eigenvalue weighted by Gasteiger charge is 2.36. The quantitative estimate of drug-likeness (QED) is 0.290. The highest BCUT2D eigenvalue weighted by atomic mass is 32.2. The van der Waals surface area contributed by atoms with Crippen LogP contribution in [0.25, 0.3) is 0 Å². The average molecular weight is 559 g/mol. The molecule has 0 aliphatic carbocycles. The summed E-state index contributed by atoms with van der Waals surface area (Å²) in [6, 6.07) is 15.4. The Morgan fingerprint density at radius 2 is 1.67 bits per heavy atom. The topological polar surface area (TPSA) is 123 Å². The summed E-state index contributed by atoms with van der Waals surface area (Å²) in [5.74, 6) is -0.345. The largest absolute Gasteiger partial charge is 0.497 e. The van der Waals surface area contributed by atoms with Gasteiger partial charge in [0.2, 0.25) is 5.91 Å². The normalized spacial score (nSPS) is 13.6. The summed E-state index contributed by atoms with van der Waals surface area (Å²) in [6.45, 7) is 0.901. The molecule has 1 aliphatic rings. The van der Waals surface area contributed by atoms with Crippen LogP contribution in [0.3, 0.4) is 0 Å². The third-order valence-corrected chi connectivity index (χ3v) is 8.20. The van der Waals surface area contributed by atoms with Gasteiger partial charge in [0, 0.05) is 44.0 Å². The highest BCUT2D eigenvalue weighted by Crippen LogP contribution is 2.37. The van der Waals surface area contributed by atoms with Crippen LogP contribution in [-0.4, -0.2) is 71.1 Å². The van der Waals surface area contributed by atoms with Gasteiger partial charge in [0.25, 0.3) is 15.7 Å². The molecule has 0 N–H and O–H groups in total. The summed E-state index contributed by atoms with van der Waals surface area (Å²) in [5.41, 5.74) is 0.220. The average Bonchev–Trinajstić information content (AvgIpc) is 2.95. The standard InChI is InChI=1S/C26H27FN4O7S/c1-37-21-11-12-22(24(17-21)38-2)30(39(35,36)25-6-4-3-5-23(25)31(33)34)18-26(32)29-15-13-28(14-16-29)20-9-7-19(27)8-10-20/h3-12,17H,13-16,18H2,1-2H3. The maximum absolute atomic E-state index is 13.9. The number of para-hydroxylation sites is 1. The maximum Gasteiger partial charge on any atom is 0.289 e. The first-order valence-corrected chi connectivity index (χ1v) is 13.4. The number of piperazine rings is 1. The molecule has 1 heterocycles. The Balaban J connectivity index is 1.65. The number of carbonyl (C=O) groups is 1. The maximum atomic E-state index is 13.9. The molecule has 0 spiro atoms. The molecule has 3 aromatic rings. The molecule has 0 atom stereocenters. The number of anilines is 2. The van der Waals surface area contributed by atoms with E-state index in [9.17, 15) is 27.7 Å². The van der Waals surface area contributed by atoms with E-state index in [0.29, 0.717) is 31.9 Å². The fourth-order valence-corrected chi connectivity index (χ4v) is 5.91. The molecule has 3 aromatic carbocycles. The fraction of sp³-hybridized carbons (Fsp3) is 0.269. The summed E-state index contributed by atoms with van der Waals surface area (Å²) in [4.78, 5) is 27.3. The summed E-state index contributed by atoms with van der Waals surface area (Å²) in [7, 11) is -1.82. The molecule has 39 heavy (non-hydrogen) atoms. The van der Waals surface area contributed by atoms with E-state index in [0.717, 1.165) is 22.1 Å². The molecule has 1 amide bonds. The van der Waals surface area contributed by atoms with E-state index >= 15 is 0 Å². The number of hydrogen-bond donors (Lipinski definition) is 0. The minimum Gasteiger partial charge on any atom is -0.497 e. The smallest absolute Gasteiger partial charge is 0.289 e. The zero-order valence-corrected chi connectivity index (χ0v) is 22.1. The lowest BCUT2D eigenvalue weighted by molar-refractivity contribution is -0.387. The third-order valence-electron chi connectivity index (χ3n) is 6.39. The zero-order valence-electron chi connectivity index (χ0n) is 21.3. The first-order chi connectivity index (χ1) is 18.6. The number of nitro benzene ring substituents is 1. The molecule has 0 radical (unpaired) electrons. The van der Waals surface area contributed by atoms with E-state index in [-0.39, 0.29) is 17.3 Å². The van der Waals surface area contributed by atoms with Crippen LogP contribution in [0, 0.1) is 15.9 Å². The number of methoxy groups -OCH3 is 2. The minimum atomic E-state index is -4.60. The summed E-state index contributed by atoms with van der Waals surface area (Å²) >= 11 is 0. The Labute approximate surface area is 225 Å². The molecule has 1 fully saturated rings. The van der Waals surface area contributed by atoms with Crippen molar-refractivity contribution in [1.29, 1.82) is 0 Å². The number of halogens is 1. The van der Waals surface area contributed by atoms with Crippen molar-refractivity contribution >= 4 is 33.0 Å². The van der Waals surface area contributed by atoms with Gasteiger partial charge in [-0.15, -0.1) is 0 Å². The van der Waals surface area contributed by atoms with Crippen molar-refractivity contribution in [3.63, 3.8) is 0 Å². The summed E-state index contributed by atoms with van der Waals surface area (Å²) in [6.07, 6.45) is 0. The first-order valence-electron chi connectivity index (χ1n) is 11.9. The van der Waals surface area contributed by atoms with Gasteiger partial charge in [-0.05, 0) is 42.5 Å². The van der Waals surface area contributed by atoms with Crippen LogP contribution >= 0.6 is 0 Å². The molecule has 0 unspecified atom stereocenters. The Bertz CT molecular complexity index is 1460. The molecule has 0 aromatic heterocycles. The number of sulfonamides is 1. The van der Waals surface area contributed by atoms with Crippen molar-refractivity contribution in [2.45, 2.75) is 4.90 Å². The number of rotatable bonds is 9. The molecule has 1 aliphatic heterocycles. The lowest BCUT2D eigenvalue weighted by Crippen LogP contribution is -2.52. The van der Waals surface area contributed by atoms with Gasteiger partial charge in [0.05, 0.1) is 24.8 Å². The number of ether oxygens (including phenoxy) is 2. The third kappa shape index (κ3) is 5.87. The first kappa shape index (κ1) is 27.6. The summed E-state index contributed by atoms with van der Waals surface area (Å²) < 4.78 is 52.5. The number of nitrogens with zero attached hydrogens (tertiary/aromatic N) is 4. The number of amides is 1. The van der Waals surface area contributed by atoms with Crippen LogP contribution in [0.4, 0.5) is 21.5 Å². The molecule has 206 valence electrons. The summed E-state index contributed by atoms with van der Waals surface area (Å²) in [5, 5.41) is 11.7. The SMILES string of the molecule is COc1ccc(N(CC(=O)N2CCN(c3ccc(F)cc3)CC2)S(=O)(=O)c2ccccc2[N+](=O)[O-])c(OC)c1. The molecular weight excluding hydrogens is 531 g/mol. The lowest BCUT2D eigenvalue weighted by Gasteiger charge is -2.37. The van der Waals surface area contributed by atoms with E-state index in [1.807, 2.05) is 4.90 Å². The van der Waals surface area contributed by atoms with E-state index in [4.69, 9.17) is 9.47 Å². The molecule has 4 rings (SSSR count). The van der Waals surface area contributed by atoms with Crippen LogP contribution in [0.2, 0.25) is 0 Å². The number of hydrogen-bond acceptors (Lipinski definition) is 8. The van der Waals surface area contributed by atoms with Crippen molar-refractivity contribution in [1.82, 2.24) is 4.90 Å². The predicted molar refractivity (Wildman–Crippen MR) is 142 cm³/mol. The predicted octanol–water partition coefficient (Wildman–Crippen LogP) is 3.30. The van der Waals surface area contributed by atoms with Crippen molar-refractivity contribution in [3.05, 3.63) is 82.7 Å². The minimum absolute atomic E-state index is 0.0229. The second-order valence-corrected chi connectivity index (χ2v) is 10.4. The second-order valence-electron chi connectivity index (χ2n) is 8.62. The monoisotopic (exact) mass is 558 g/mol. The second kappa shape index (κ2) is 11.6. The zero-order chi connectivity index (χ0) is 28.2. The van der Waals surface area contributed by atoms with Gasteiger partial charge < -0.3 is 19.3 Å². The Hall–Kier alpha value is -4.39. The number of carbonyl (C=O) groups excluding carboxylic acids is 1. The van der Waals surface area contributed by atoms with E-state index in [1.54, 1.807) is 12.1 Å². The Morgan fingerprint density at radius 1 is 1.00 bits per heavy atom. The van der Waals surface area contributed by atoms with Crippen molar-refractivity contribution in [2.75, 3.05) is 56.1 Å².